The van der Waals surface area contributed by atoms with Crippen LogP contribution in [0.5, 0.6) is 0 Å². The molecule has 16 heavy (non-hydrogen) atoms. The summed E-state index contributed by atoms with van der Waals surface area (Å²) in [5, 5.41) is 0. The Labute approximate surface area is 99.4 Å². The van der Waals surface area contributed by atoms with E-state index in [1.54, 1.807) is 0 Å². The summed E-state index contributed by atoms with van der Waals surface area (Å²) in [7, 11) is 0. The number of unbranched alkanes of at least 4 members (excludes halogenated alkanes) is 1. The van der Waals surface area contributed by atoms with Crippen molar-refractivity contribution in [2.75, 3.05) is 0 Å². The predicted octanol–water partition coefficient (Wildman–Crippen LogP) is 3.68. The second kappa shape index (κ2) is 7.66. The van der Waals surface area contributed by atoms with E-state index in [-0.39, 0.29) is 11.9 Å². The van der Waals surface area contributed by atoms with Crippen LogP contribution in [-0.4, -0.2) is 11.6 Å². The van der Waals surface area contributed by atoms with E-state index in [1.165, 1.54) is 0 Å². The lowest BCUT2D eigenvalue weighted by molar-refractivity contribution is -0.327. The fourth-order valence-electron chi connectivity index (χ4n) is 1.20. The lowest BCUT2D eigenvalue weighted by atomic mass is 10.00. The van der Waals surface area contributed by atoms with Crippen molar-refractivity contribution in [2.45, 2.75) is 65.4 Å². The van der Waals surface area contributed by atoms with E-state index in [9.17, 15) is 4.79 Å². The molecule has 1 radical (unpaired) electrons. The Morgan fingerprint density at radius 1 is 1.38 bits per heavy atom. The Bertz CT molecular complexity index is 199. The SMILES string of the molecule is [CH2]CC(C)(C)OOC(=O)C(CC)CCCC. The Kier molecular flexibility index (Phi) is 7.39. The van der Waals surface area contributed by atoms with Gasteiger partial charge in [-0.3, -0.25) is 4.89 Å². The van der Waals surface area contributed by atoms with Crippen LogP contribution in [0.2, 0.25) is 0 Å². The van der Waals surface area contributed by atoms with Crippen molar-refractivity contribution in [3.63, 3.8) is 0 Å². The summed E-state index contributed by atoms with van der Waals surface area (Å²) in [4.78, 5) is 21.6. The molecule has 1 atom stereocenters. The second-order valence-corrected chi connectivity index (χ2v) is 4.74. The summed E-state index contributed by atoms with van der Waals surface area (Å²) in [6, 6.07) is 0. The highest BCUT2D eigenvalue weighted by molar-refractivity contribution is 5.71. The van der Waals surface area contributed by atoms with Gasteiger partial charge in [0.2, 0.25) is 0 Å². The maximum Gasteiger partial charge on any atom is 0.345 e. The third kappa shape index (κ3) is 6.11. The molecular formula is C13H25O3. The van der Waals surface area contributed by atoms with Crippen molar-refractivity contribution in [2.24, 2.45) is 5.92 Å². The summed E-state index contributed by atoms with van der Waals surface area (Å²) in [5.41, 5.74) is -0.501. The zero-order valence-corrected chi connectivity index (χ0v) is 11.0. The normalized spacial score (nSPS) is 13.6. The molecule has 0 N–H and O–H groups in total. The van der Waals surface area contributed by atoms with Crippen LogP contribution in [0.25, 0.3) is 0 Å². The molecule has 0 saturated carbocycles. The van der Waals surface area contributed by atoms with Gasteiger partial charge in [0, 0.05) is 0 Å². The molecule has 0 bridgehead atoms. The molecule has 95 valence electrons. The molecule has 0 rings (SSSR count). The van der Waals surface area contributed by atoms with Gasteiger partial charge in [-0.25, -0.2) is 4.79 Å². The van der Waals surface area contributed by atoms with Gasteiger partial charge in [-0.05, 0) is 33.1 Å². The first-order valence-electron chi connectivity index (χ1n) is 6.15. The largest absolute Gasteiger partial charge is 0.345 e. The van der Waals surface area contributed by atoms with Gasteiger partial charge in [-0.15, -0.1) is 0 Å². The minimum absolute atomic E-state index is 0.0411. The first kappa shape index (κ1) is 15.4. The average Bonchev–Trinajstić information content (AvgIpc) is 2.27. The molecule has 0 aliphatic rings. The van der Waals surface area contributed by atoms with E-state index in [1.807, 2.05) is 20.8 Å². The Hall–Kier alpha value is -0.570. The second-order valence-electron chi connectivity index (χ2n) is 4.74. The fourth-order valence-corrected chi connectivity index (χ4v) is 1.20. The highest BCUT2D eigenvalue weighted by Crippen LogP contribution is 2.18. The van der Waals surface area contributed by atoms with Crippen LogP contribution >= 0.6 is 0 Å². The van der Waals surface area contributed by atoms with Crippen molar-refractivity contribution in [1.29, 1.82) is 0 Å². The van der Waals surface area contributed by atoms with Gasteiger partial charge in [-0.1, -0.05) is 33.6 Å². The summed E-state index contributed by atoms with van der Waals surface area (Å²) >= 11 is 0. The van der Waals surface area contributed by atoms with Gasteiger partial charge in [0.15, 0.2) is 0 Å². The number of carbonyl (C=O) groups is 1. The van der Waals surface area contributed by atoms with Crippen molar-refractivity contribution in [3.8, 4) is 0 Å². The van der Waals surface area contributed by atoms with Gasteiger partial charge in [0.05, 0.1) is 5.92 Å². The highest BCUT2D eigenvalue weighted by Gasteiger charge is 2.23. The van der Waals surface area contributed by atoms with Crippen LogP contribution in [0.1, 0.15) is 59.8 Å². The quantitative estimate of drug-likeness (QED) is 0.470. The smallest absolute Gasteiger partial charge is 0.298 e. The molecule has 3 nitrogen and oxygen atoms in total. The summed E-state index contributed by atoms with van der Waals surface area (Å²) in [6.45, 7) is 11.5. The minimum atomic E-state index is -0.501. The monoisotopic (exact) mass is 229 g/mol. The third-order valence-corrected chi connectivity index (χ3v) is 2.68. The van der Waals surface area contributed by atoms with Crippen LogP contribution in [0.15, 0.2) is 0 Å². The molecule has 0 aliphatic heterocycles. The first-order valence-corrected chi connectivity index (χ1v) is 6.15. The van der Waals surface area contributed by atoms with Gasteiger partial charge >= 0.3 is 5.97 Å². The van der Waals surface area contributed by atoms with E-state index in [0.717, 1.165) is 25.7 Å². The molecule has 3 heteroatoms. The van der Waals surface area contributed by atoms with Gasteiger partial charge in [0.1, 0.15) is 5.60 Å². The average molecular weight is 229 g/mol. The molecule has 0 heterocycles. The molecule has 0 aromatic heterocycles. The molecular weight excluding hydrogens is 204 g/mol. The van der Waals surface area contributed by atoms with Crippen molar-refractivity contribution in [1.82, 2.24) is 0 Å². The van der Waals surface area contributed by atoms with Crippen molar-refractivity contribution < 1.29 is 14.6 Å². The van der Waals surface area contributed by atoms with Gasteiger partial charge < -0.3 is 0 Å². The maximum absolute atomic E-state index is 11.7. The Morgan fingerprint density at radius 3 is 2.44 bits per heavy atom. The lowest BCUT2D eigenvalue weighted by Crippen LogP contribution is -2.27. The Morgan fingerprint density at radius 2 is 2.00 bits per heavy atom. The predicted molar refractivity (Wildman–Crippen MR) is 64.5 cm³/mol. The molecule has 0 saturated heterocycles. The maximum atomic E-state index is 11.7. The standard InChI is InChI=1S/C13H25O3/c1-6-9-10-11(7-2)12(14)15-16-13(4,5)8-3/h11H,3,6-10H2,1-2,4-5H3. The zero-order valence-electron chi connectivity index (χ0n) is 11.0. The molecule has 0 aromatic carbocycles. The van der Waals surface area contributed by atoms with Crippen molar-refractivity contribution >= 4 is 5.97 Å². The van der Waals surface area contributed by atoms with Crippen LogP contribution in [-0.2, 0) is 14.6 Å². The van der Waals surface area contributed by atoms with Crippen LogP contribution in [0.4, 0.5) is 0 Å². The first-order chi connectivity index (χ1) is 7.46. The van der Waals surface area contributed by atoms with Crippen LogP contribution < -0.4 is 0 Å². The van der Waals surface area contributed by atoms with Gasteiger partial charge in [-0.2, -0.15) is 4.89 Å². The number of carbonyl (C=O) groups excluding carboxylic acids is 1. The van der Waals surface area contributed by atoms with E-state index < -0.39 is 5.60 Å². The van der Waals surface area contributed by atoms with E-state index in [4.69, 9.17) is 9.78 Å². The van der Waals surface area contributed by atoms with E-state index in [2.05, 4.69) is 13.8 Å². The molecule has 0 aliphatic carbocycles. The lowest BCUT2D eigenvalue weighted by Gasteiger charge is -2.22. The Balaban J connectivity index is 4.01. The minimum Gasteiger partial charge on any atom is -0.298 e. The molecule has 0 amide bonds. The van der Waals surface area contributed by atoms with E-state index >= 15 is 0 Å². The number of hydrogen-bond donors (Lipinski definition) is 0. The zero-order chi connectivity index (χ0) is 12.6. The third-order valence-electron chi connectivity index (χ3n) is 2.68. The van der Waals surface area contributed by atoms with E-state index in [0.29, 0.717) is 6.42 Å². The molecule has 0 spiro atoms. The molecule has 0 fully saturated rings. The topological polar surface area (TPSA) is 35.5 Å². The van der Waals surface area contributed by atoms with Crippen molar-refractivity contribution in [3.05, 3.63) is 6.92 Å². The van der Waals surface area contributed by atoms with Crippen LogP contribution in [0.3, 0.4) is 0 Å². The van der Waals surface area contributed by atoms with Gasteiger partial charge in [0.25, 0.3) is 0 Å². The van der Waals surface area contributed by atoms with Crippen LogP contribution in [0, 0.1) is 12.8 Å². The molecule has 1 unspecified atom stereocenters. The number of rotatable bonds is 8. The fraction of sp³-hybridized carbons (Fsp3) is 0.846. The highest BCUT2D eigenvalue weighted by atomic mass is 17.2. The molecule has 0 aromatic rings. The summed E-state index contributed by atoms with van der Waals surface area (Å²) < 4.78 is 0. The summed E-state index contributed by atoms with van der Waals surface area (Å²) in [6.07, 6.45) is 4.38. The number of hydrogen-bond acceptors (Lipinski definition) is 3. The summed E-state index contributed by atoms with van der Waals surface area (Å²) in [5.74, 6) is -0.293.